The monoisotopic (exact) mass is 362 g/mol. The number of nitrogens with zero attached hydrogens (tertiary/aromatic N) is 3. The van der Waals surface area contributed by atoms with Gasteiger partial charge in [0.05, 0.1) is 23.0 Å². The highest BCUT2D eigenvalue weighted by Crippen LogP contribution is 2.32. The van der Waals surface area contributed by atoms with Crippen LogP contribution in [0, 0.1) is 0 Å². The van der Waals surface area contributed by atoms with Gasteiger partial charge in [0.25, 0.3) is 0 Å². The zero-order valence-corrected chi connectivity index (χ0v) is 14.8. The number of aromatic amines is 1. The summed E-state index contributed by atoms with van der Waals surface area (Å²) in [4.78, 5) is 15.4. The highest BCUT2D eigenvalue weighted by Gasteiger charge is 2.17. The standard InChI is InChI=1S/C15H18N6O3S/c1-9(2)24-12-5-4-10(25(22,23)16-3)6-11(12)21-15-13-14(18-7-17-13)19-8-20-15/h4-9,16H,1-3H3,(H2,17,18,19,20,21). The lowest BCUT2D eigenvalue weighted by Crippen LogP contribution is -2.19. The van der Waals surface area contributed by atoms with E-state index in [9.17, 15) is 8.42 Å². The zero-order chi connectivity index (χ0) is 18.0. The number of aromatic nitrogens is 4. The van der Waals surface area contributed by atoms with Crippen molar-refractivity contribution in [1.29, 1.82) is 0 Å². The smallest absolute Gasteiger partial charge is 0.240 e. The minimum absolute atomic E-state index is 0.0788. The minimum atomic E-state index is -3.59. The Balaban J connectivity index is 2.08. The van der Waals surface area contributed by atoms with E-state index in [1.165, 1.54) is 31.8 Å². The van der Waals surface area contributed by atoms with Crippen LogP contribution in [0.15, 0.2) is 35.7 Å². The second-order valence-corrected chi connectivity index (χ2v) is 7.37. The van der Waals surface area contributed by atoms with E-state index in [0.29, 0.717) is 28.4 Å². The molecule has 0 bridgehead atoms. The molecule has 0 saturated heterocycles. The van der Waals surface area contributed by atoms with Crippen LogP contribution in [0.3, 0.4) is 0 Å². The maximum absolute atomic E-state index is 12.1. The minimum Gasteiger partial charge on any atom is -0.489 e. The number of anilines is 2. The fraction of sp³-hybridized carbons (Fsp3) is 0.267. The number of ether oxygens (including phenoxy) is 1. The fourth-order valence-corrected chi connectivity index (χ4v) is 2.99. The Kier molecular flexibility index (Phi) is 4.55. The summed E-state index contributed by atoms with van der Waals surface area (Å²) in [5, 5.41) is 3.10. The average Bonchev–Trinajstić information content (AvgIpc) is 3.05. The molecular formula is C15H18N6O3S. The van der Waals surface area contributed by atoms with Crippen molar-refractivity contribution in [2.75, 3.05) is 12.4 Å². The molecule has 3 aromatic rings. The molecule has 10 heteroatoms. The van der Waals surface area contributed by atoms with Gasteiger partial charge in [0.15, 0.2) is 11.5 Å². The molecule has 25 heavy (non-hydrogen) atoms. The maximum Gasteiger partial charge on any atom is 0.240 e. The van der Waals surface area contributed by atoms with Gasteiger partial charge in [-0.3, -0.25) is 0 Å². The summed E-state index contributed by atoms with van der Waals surface area (Å²) in [7, 11) is -2.23. The van der Waals surface area contributed by atoms with Gasteiger partial charge in [0, 0.05) is 0 Å². The Morgan fingerprint density at radius 3 is 2.72 bits per heavy atom. The molecule has 0 aliphatic heterocycles. The van der Waals surface area contributed by atoms with Gasteiger partial charge in [-0.15, -0.1) is 0 Å². The van der Waals surface area contributed by atoms with Crippen molar-refractivity contribution in [2.45, 2.75) is 24.8 Å². The average molecular weight is 362 g/mol. The summed E-state index contributed by atoms with van der Waals surface area (Å²) in [5.41, 5.74) is 1.59. The van der Waals surface area contributed by atoms with Crippen LogP contribution < -0.4 is 14.8 Å². The molecule has 3 rings (SSSR count). The third kappa shape index (κ3) is 3.54. The lowest BCUT2D eigenvalue weighted by Gasteiger charge is -2.16. The summed E-state index contributed by atoms with van der Waals surface area (Å²) in [5.74, 6) is 0.978. The Morgan fingerprint density at radius 2 is 2.00 bits per heavy atom. The predicted molar refractivity (Wildman–Crippen MR) is 93.4 cm³/mol. The van der Waals surface area contributed by atoms with Crippen molar-refractivity contribution in [3.63, 3.8) is 0 Å². The number of sulfonamides is 1. The van der Waals surface area contributed by atoms with Gasteiger partial charge >= 0.3 is 0 Å². The van der Waals surface area contributed by atoms with Crippen LogP contribution in [-0.2, 0) is 10.0 Å². The van der Waals surface area contributed by atoms with Crippen LogP contribution in [0.1, 0.15) is 13.8 Å². The number of H-pyrrole nitrogens is 1. The summed E-state index contributed by atoms with van der Waals surface area (Å²) in [6.07, 6.45) is 2.81. The first-order chi connectivity index (χ1) is 11.9. The SMILES string of the molecule is CNS(=O)(=O)c1ccc(OC(C)C)c(Nc2ncnc3nc[nH]c23)c1. The van der Waals surface area contributed by atoms with E-state index in [1.54, 1.807) is 6.07 Å². The molecule has 0 unspecified atom stereocenters. The van der Waals surface area contributed by atoms with Gasteiger partial charge in [0.1, 0.15) is 17.6 Å². The lowest BCUT2D eigenvalue weighted by molar-refractivity contribution is 0.243. The lowest BCUT2D eigenvalue weighted by atomic mass is 10.2. The second kappa shape index (κ2) is 6.65. The van der Waals surface area contributed by atoms with E-state index in [4.69, 9.17) is 4.74 Å². The summed E-state index contributed by atoms with van der Waals surface area (Å²) in [6, 6.07) is 4.59. The first-order valence-corrected chi connectivity index (χ1v) is 9.04. The van der Waals surface area contributed by atoms with Crippen LogP contribution >= 0.6 is 0 Å². The second-order valence-electron chi connectivity index (χ2n) is 5.48. The van der Waals surface area contributed by atoms with Crippen molar-refractivity contribution in [1.82, 2.24) is 24.7 Å². The first-order valence-electron chi connectivity index (χ1n) is 7.56. The Bertz CT molecular complexity index is 999. The van der Waals surface area contributed by atoms with Gasteiger partial charge in [0.2, 0.25) is 10.0 Å². The fourth-order valence-electron chi connectivity index (χ4n) is 2.24. The Morgan fingerprint density at radius 1 is 1.20 bits per heavy atom. The van der Waals surface area contributed by atoms with Crippen LogP contribution in [0.25, 0.3) is 11.2 Å². The van der Waals surface area contributed by atoms with Crippen molar-refractivity contribution < 1.29 is 13.2 Å². The molecule has 9 nitrogen and oxygen atoms in total. The predicted octanol–water partition coefficient (Wildman–Crippen LogP) is 1.79. The number of nitrogens with one attached hydrogen (secondary N) is 3. The van der Waals surface area contributed by atoms with Crippen molar-refractivity contribution in [3.05, 3.63) is 30.9 Å². The molecule has 0 aliphatic carbocycles. The van der Waals surface area contributed by atoms with Crippen LogP contribution in [-0.4, -0.2) is 41.5 Å². The largest absolute Gasteiger partial charge is 0.489 e. The quantitative estimate of drug-likeness (QED) is 0.611. The molecule has 132 valence electrons. The first kappa shape index (κ1) is 17.1. The van der Waals surface area contributed by atoms with E-state index >= 15 is 0 Å². The number of imidazole rings is 1. The molecule has 0 saturated carbocycles. The molecule has 0 aliphatic rings. The molecular weight excluding hydrogens is 344 g/mol. The van der Waals surface area contributed by atoms with Crippen molar-refractivity contribution in [3.8, 4) is 5.75 Å². The van der Waals surface area contributed by atoms with Gasteiger partial charge < -0.3 is 15.0 Å². The number of fused-ring (bicyclic) bond motifs is 1. The topological polar surface area (TPSA) is 122 Å². The van der Waals surface area contributed by atoms with E-state index in [2.05, 4.69) is 30.0 Å². The summed E-state index contributed by atoms with van der Waals surface area (Å²) < 4.78 is 32.2. The molecule has 1 aromatic carbocycles. The maximum atomic E-state index is 12.1. The van der Waals surface area contributed by atoms with Gasteiger partial charge in [-0.25, -0.2) is 28.1 Å². The summed E-state index contributed by atoms with van der Waals surface area (Å²) in [6.45, 7) is 3.78. The van der Waals surface area contributed by atoms with Crippen LogP contribution in [0.2, 0.25) is 0 Å². The number of benzene rings is 1. The van der Waals surface area contributed by atoms with Crippen molar-refractivity contribution in [2.24, 2.45) is 0 Å². The molecule has 3 N–H and O–H groups in total. The molecule has 0 radical (unpaired) electrons. The zero-order valence-electron chi connectivity index (χ0n) is 13.9. The van der Waals surface area contributed by atoms with E-state index in [-0.39, 0.29) is 11.0 Å². The molecule has 0 atom stereocenters. The Labute approximate surface area is 144 Å². The summed E-state index contributed by atoms with van der Waals surface area (Å²) >= 11 is 0. The van der Waals surface area contributed by atoms with Gasteiger partial charge in [-0.2, -0.15) is 0 Å². The molecule has 0 fully saturated rings. The highest BCUT2D eigenvalue weighted by atomic mass is 32.2. The van der Waals surface area contributed by atoms with Crippen LogP contribution in [0.4, 0.5) is 11.5 Å². The molecule has 2 aromatic heterocycles. The number of hydrogen-bond acceptors (Lipinski definition) is 7. The number of rotatable bonds is 6. The van der Waals surface area contributed by atoms with Gasteiger partial charge in [-0.05, 0) is 39.1 Å². The molecule has 2 heterocycles. The molecule has 0 spiro atoms. The highest BCUT2D eigenvalue weighted by molar-refractivity contribution is 7.89. The number of hydrogen-bond donors (Lipinski definition) is 3. The van der Waals surface area contributed by atoms with Crippen LogP contribution in [0.5, 0.6) is 5.75 Å². The van der Waals surface area contributed by atoms with Gasteiger partial charge in [-0.1, -0.05) is 0 Å². The third-order valence-corrected chi connectivity index (χ3v) is 4.78. The van der Waals surface area contributed by atoms with Crippen molar-refractivity contribution >= 4 is 32.7 Å². The van der Waals surface area contributed by atoms with E-state index in [1.807, 2.05) is 13.8 Å². The Hall–Kier alpha value is -2.72. The van der Waals surface area contributed by atoms with E-state index in [0.717, 1.165) is 0 Å². The van der Waals surface area contributed by atoms with E-state index < -0.39 is 10.0 Å². The molecule has 0 amide bonds. The normalized spacial score (nSPS) is 11.8. The third-order valence-electron chi connectivity index (χ3n) is 3.37.